The van der Waals surface area contributed by atoms with Gasteiger partial charge in [0.2, 0.25) is 9.84 Å². The number of sulfone groups is 1. The molecule has 0 amide bonds. The van der Waals surface area contributed by atoms with Crippen LogP contribution in [0, 0.1) is 11.2 Å². The van der Waals surface area contributed by atoms with Crippen LogP contribution in [0.3, 0.4) is 0 Å². The number of unbranched alkanes of at least 4 members (excludes halogenated alkanes) is 1. The summed E-state index contributed by atoms with van der Waals surface area (Å²) in [6, 6.07) is 0. The van der Waals surface area contributed by atoms with Gasteiger partial charge >= 0.3 is 0 Å². The highest BCUT2D eigenvalue weighted by Gasteiger charge is 2.04. The van der Waals surface area contributed by atoms with E-state index in [1.54, 1.807) is 0 Å². The number of aliphatic hydroxyl groups excluding tert-OH is 2. The van der Waals surface area contributed by atoms with Crippen molar-refractivity contribution in [3.8, 4) is 11.2 Å². The molecule has 0 aromatic carbocycles. The minimum atomic E-state index is -3.31. The van der Waals surface area contributed by atoms with Crippen LogP contribution >= 0.6 is 0 Å². The first-order valence-corrected chi connectivity index (χ1v) is 5.71. The molecule has 0 saturated heterocycles. The maximum atomic E-state index is 11.0. The number of hydrogen-bond donors (Lipinski definition) is 2. The van der Waals surface area contributed by atoms with Crippen molar-refractivity contribution in [1.29, 1.82) is 0 Å². The average molecular weight is 206 g/mol. The van der Waals surface area contributed by atoms with E-state index >= 15 is 0 Å². The van der Waals surface area contributed by atoms with Crippen molar-refractivity contribution in [3.63, 3.8) is 0 Å². The van der Waals surface area contributed by atoms with E-state index in [0.717, 1.165) is 0 Å². The monoisotopic (exact) mass is 206 g/mol. The molecular weight excluding hydrogens is 192 g/mol. The molecule has 0 radical (unpaired) electrons. The molecule has 0 rings (SSSR count). The molecular formula is C8H14O4S. The molecule has 4 nitrogen and oxygen atoms in total. The van der Waals surface area contributed by atoms with Gasteiger partial charge in [-0.25, -0.2) is 8.42 Å². The molecule has 0 aliphatic carbocycles. The van der Waals surface area contributed by atoms with Crippen LogP contribution in [0.4, 0.5) is 0 Å². The lowest BCUT2D eigenvalue weighted by atomic mass is 10.4. The fourth-order valence-electron chi connectivity index (χ4n) is 0.672. The highest BCUT2D eigenvalue weighted by Crippen LogP contribution is 1.95. The second-order valence-corrected chi connectivity index (χ2v) is 4.34. The average Bonchev–Trinajstić information content (AvgIpc) is 2.05. The SMILES string of the molecule is O=S(=O)(C#CCCO)CCCCO. The smallest absolute Gasteiger partial charge is 0.216 e. The van der Waals surface area contributed by atoms with Crippen LogP contribution in [-0.4, -0.2) is 37.6 Å². The zero-order valence-corrected chi connectivity index (χ0v) is 8.18. The van der Waals surface area contributed by atoms with E-state index in [0.29, 0.717) is 12.8 Å². The van der Waals surface area contributed by atoms with E-state index in [9.17, 15) is 8.42 Å². The molecule has 0 fully saturated rings. The maximum Gasteiger partial charge on any atom is 0.216 e. The van der Waals surface area contributed by atoms with Gasteiger partial charge in [0, 0.05) is 18.3 Å². The van der Waals surface area contributed by atoms with Crippen molar-refractivity contribution in [2.24, 2.45) is 0 Å². The van der Waals surface area contributed by atoms with Crippen LogP contribution in [0.15, 0.2) is 0 Å². The number of hydrogen-bond acceptors (Lipinski definition) is 4. The van der Waals surface area contributed by atoms with Crippen LogP contribution in [0.1, 0.15) is 19.3 Å². The quantitative estimate of drug-likeness (QED) is 0.362. The summed E-state index contributed by atoms with van der Waals surface area (Å²) < 4.78 is 22.1. The molecule has 0 aliphatic heterocycles. The third kappa shape index (κ3) is 7.78. The van der Waals surface area contributed by atoms with Crippen LogP contribution in [-0.2, 0) is 9.84 Å². The van der Waals surface area contributed by atoms with Gasteiger partial charge in [0.05, 0.1) is 12.4 Å². The Balaban J connectivity index is 3.89. The molecule has 0 spiro atoms. The van der Waals surface area contributed by atoms with Crippen LogP contribution in [0.25, 0.3) is 0 Å². The van der Waals surface area contributed by atoms with Crippen molar-refractivity contribution < 1.29 is 18.6 Å². The van der Waals surface area contributed by atoms with Gasteiger partial charge in [-0.1, -0.05) is 5.92 Å². The summed E-state index contributed by atoms with van der Waals surface area (Å²) in [5.41, 5.74) is 0. The summed E-state index contributed by atoms with van der Waals surface area (Å²) in [7, 11) is -3.31. The highest BCUT2D eigenvalue weighted by atomic mass is 32.2. The lowest BCUT2D eigenvalue weighted by Crippen LogP contribution is -2.03. The van der Waals surface area contributed by atoms with Crippen molar-refractivity contribution in [2.75, 3.05) is 19.0 Å². The Morgan fingerprint density at radius 3 is 2.31 bits per heavy atom. The van der Waals surface area contributed by atoms with Gasteiger partial charge in [0.1, 0.15) is 0 Å². The molecule has 13 heavy (non-hydrogen) atoms. The Kier molecular flexibility index (Phi) is 6.59. The van der Waals surface area contributed by atoms with E-state index < -0.39 is 9.84 Å². The van der Waals surface area contributed by atoms with Crippen LogP contribution in [0.5, 0.6) is 0 Å². The predicted molar refractivity (Wildman–Crippen MR) is 49.6 cm³/mol. The fourth-order valence-corrected chi connectivity index (χ4v) is 1.68. The first-order valence-electron chi connectivity index (χ1n) is 4.06. The minimum absolute atomic E-state index is 0.000408. The van der Waals surface area contributed by atoms with Gasteiger partial charge in [-0.2, -0.15) is 0 Å². The second kappa shape index (κ2) is 6.89. The van der Waals surface area contributed by atoms with Gasteiger partial charge in [0.25, 0.3) is 0 Å². The van der Waals surface area contributed by atoms with Crippen molar-refractivity contribution in [1.82, 2.24) is 0 Å². The fraction of sp³-hybridized carbons (Fsp3) is 0.750. The minimum Gasteiger partial charge on any atom is -0.396 e. The van der Waals surface area contributed by atoms with Gasteiger partial charge in [-0.3, -0.25) is 0 Å². The first kappa shape index (κ1) is 12.4. The Labute approximate surface area is 78.5 Å². The summed E-state index contributed by atoms with van der Waals surface area (Å²) in [5.74, 6) is 2.33. The molecule has 76 valence electrons. The molecule has 0 aromatic heterocycles. The lowest BCUT2D eigenvalue weighted by Gasteiger charge is -1.94. The molecule has 0 aromatic rings. The molecule has 2 N–H and O–H groups in total. The van der Waals surface area contributed by atoms with Gasteiger partial charge in [-0.05, 0) is 12.8 Å². The summed E-state index contributed by atoms with van der Waals surface area (Å²) >= 11 is 0. The van der Waals surface area contributed by atoms with E-state index in [1.165, 1.54) is 0 Å². The third-order valence-electron chi connectivity index (χ3n) is 1.29. The Bertz CT molecular complexity index is 270. The Hall–Kier alpha value is -0.570. The highest BCUT2D eigenvalue weighted by molar-refractivity contribution is 7.96. The first-order chi connectivity index (χ1) is 6.12. The van der Waals surface area contributed by atoms with Gasteiger partial charge in [-0.15, -0.1) is 0 Å². The van der Waals surface area contributed by atoms with E-state index in [2.05, 4.69) is 11.2 Å². The Morgan fingerprint density at radius 2 is 1.77 bits per heavy atom. The van der Waals surface area contributed by atoms with E-state index in [4.69, 9.17) is 10.2 Å². The zero-order chi connectivity index (χ0) is 10.2. The van der Waals surface area contributed by atoms with Crippen molar-refractivity contribution in [3.05, 3.63) is 0 Å². The van der Waals surface area contributed by atoms with E-state index in [-0.39, 0.29) is 25.4 Å². The molecule has 0 heterocycles. The summed E-state index contributed by atoms with van der Waals surface area (Å²) in [5, 5.41) is 18.9. The Morgan fingerprint density at radius 1 is 1.08 bits per heavy atom. The van der Waals surface area contributed by atoms with Crippen molar-refractivity contribution >= 4 is 9.84 Å². The molecule has 5 heteroatoms. The van der Waals surface area contributed by atoms with Crippen molar-refractivity contribution in [2.45, 2.75) is 19.3 Å². The topological polar surface area (TPSA) is 74.6 Å². The van der Waals surface area contributed by atoms with Crippen LogP contribution in [0.2, 0.25) is 0 Å². The molecule has 0 saturated carbocycles. The predicted octanol–water partition coefficient (Wildman–Crippen LogP) is -0.483. The molecule has 0 atom stereocenters. The normalized spacial score (nSPS) is 10.6. The summed E-state index contributed by atoms with van der Waals surface area (Å²) in [6.45, 7) is -0.126. The van der Waals surface area contributed by atoms with Crippen LogP contribution < -0.4 is 0 Å². The third-order valence-corrected chi connectivity index (χ3v) is 2.57. The number of aliphatic hydroxyl groups is 2. The largest absolute Gasteiger partial charge is 0.396 e. The van der Waals surface area contributed by atoms with E-state index in [1.807, 2.05) is 0 Å². The maximum absolute atomic E-state index is 11.0. The second-order valence-electron chi connectivity index (χ2n) is 2.50. The molecule has 0 unspecified atom stereocenters. The lowest BCUT2D eigenvalue weighted by molar-refractivity contribution is 0.287. The van der Waals surface area contributed by atoms with Gasteiger partial charge < -0.3 is 10.2 Å². The number of rotatable bonds is 5. The summed E-state index contributed by atoms with van der Waals surface area (Å²) in [6.07, 6.45) is 1.08. The summed E-state index contributed by atoms with van der Waals surface area (Å²) in [4.78, 5) is 0. The zero-order valence-electron chi connectivity index (χ0n) is 7.36. The molecule has 0 bridgehead atoms. The van der Waals surface area contributed by atoms with Gasteiger partial charge in [0.15, 0.2) is 0 Å². The standard InChI is InChI=1S/C8H14O4S/c9-5-1-3-7-13(11,12)8-4-2-6-10/h9-10H,1-3,5-7H2. The molecule has 0 aliphatic rings.